The van der Waals surface area contributed by atoms with Crippen LogP contribution in [0.4, 0.5) is 0 Å². The topological polar surface area (TPSA) is 38.7 Å². The third-order valence-corrected chi connectivity index (χ3v) is 2.85. The minimum atomic E-state index is -0.766. The second-order valence-electron chi connectivity index (χ2n) is 4.42. The normalized spacial score (nSPS) is 19.6. The minimum absolute atomic E-state index is 0.0163. The van der Waals surface area contributed by atoms with Crippen molar-refractivity contribution in [3.8, 4) is 11.5 Å². The van der Waals surface area contributed by atoms with Gasteiger partial charge in [-0.2, -0.15) is 0 Å². The van der Waals surface area contributed by atoms with E-state index in [-0.39, 0.29) is 5.92 Å². The van der Waals surface area contributed by atoms with Gasteiger partial charge < -0.3 is 14.6 Å². The lowest BCUT2D eigenvalue weighted by atomic mass is 9.86. The van der Waals surface area contributed by atoms with E-state index < -0.39 is 5.60 Å². The molecule has 0 aromatic heterocycles. The zero-order valence-electron chi connectivity index (χ0n) is 9.28. The first-order valence-corrected chi connectivity index (χ1v) is 5.05. The van der Waals surface area contributed by atoms with Crippen LogP contribution in [0.25, 0.3) is 0 Å². The summed E-state index contributed by atoms with van der Waals surface area (Å²) in [6.07, 6.45) is 0. The predicted octanol–water partition coefficient (Wildman–Crippen LogP) is 1.94. The Bertz CT molecular complexity index is 366. The van der Waals surface area contributed by atoms with E-state index in [1.165, 1.54) is 0 Å². The number of aliphatic hydroxyl groups is 1. The molecule has 1 aromatic rings. The summed E-state index contributed by atoms with van der Waals surface area (Å²) >= 11 is 0. The van der Waals surface area contributed by atoms with Crippen LogP contribution in [0.5, 0.6) is 11.5 Å². The molecular weight excluding hydrogens is 192 g/mol. The Balaban J connectivity index is 2.40. The summed E-state index contributed by atoms with van der Waals surface area (Å²) in [5, 5.41) is 10.0. The highest BCUT2D eigenvalue weighted by Crippen LogP contribution is 2.41. The maximum absolute atomic E-state index is 10.0. The van der Waals surface area contributed by atoms with Crippen molar-refractivity contribution >= 4 is 0 Å². The molecular formula is C12H16O3. The van der Waals surface area contributed by atoms with Gasteiger partial charge in [0.1, 0.15) is 11.5 Å². The van der Waals surface area contributed by atoms with Crippen LogP contribution in [0.3, 0.4) is 0 Å². The fraction of sp³-hybridized carbons (Fsp3) is 0.500. The van der Waals surface area contributed by atoms with Crippen LogP contribution in [0.1, 0.15) is 25.3 Å². The molecule has 0 radical (unpaired) electrons. The average Bonchev–Trinajstić information content (AvgIpc) is 2.59. The largest absolute Gasteiger partial charge is 0.497 e. The summed E-state index contributed by atoms with van der Waals surface area (Å²) in [5.74, 6) is 1.67. The number of benzene rings is 1. The van der Waals surface area contributed by atoms with Gasteiger partial charge in [-0.15, -0.1) is 0 Å². The molecule has 1 heterocycles. The zero-order chi connectivity index (χ0) is 11.1. The molecule has 1 aliphatic heterocycles. The molecule has 1 unspecified atom stereocenters. The highest BCUT2D eigenvalue weighted by molar-refractivity contribution is 5.46. The average molecular weight is 208 g/mol. The van der Waals surface area contributed by atoms with E-state index in [9.17, 15) is 5.11 Å². The van der Waals surface area contributed by atoms with Crippen molar-refractivity contribution in [2.75, 3.05) is 13.7 Å². The Labute approximate surface area is 89.6 Å². The van der Waals surface area contributed by atoms with Gasteiger partial charge in [-0.25, -0.2) is 0 Å². The second-order valence-corrected chi connectivity index (χ2v) is 4.42. The van der Waals surface area contributed by atoms with Crippen molar-refractivity contribution in [1.29, 1.82) is 0 Å². The molecule has 3 nitrogen and oxygen atoms in total. The number of hydrogen-bond donors (Lipinski definition) is 1. The van der Waals surface area contributed by atoms with Gasteiger partial charge in [0.05, 0.1) is 25.2 Å². The van der Waals surface area contributed by atoms with Crippen molar-refractivity contribution in [2.24, 2.45) is 0 Å². The van der Waals surface area contributed by atoms with Gasteiger partial charge in [0.2, 0.25) is 0 Å². The number of rotatable bonds is 2. The molecule has 0 amide bonds. The molecule has 82 valence electrons. The summed E-state index contributed by atoms with van der Waals surface area (Å²) in [7, 11) is 1.64. The molecule has 0 saturated carbocycles. The lowest BCUT2D eigenvalue weighted by molar-refractivity contribution is 0.0422. The summed E-state index contributed by atoms with van der Waals surface area (Å²) in [6, 6.07) is 5.69. The van der Waals surface area contributed by atoms with Crippen molar-refractivity contribution < 1.29 is 14.6 Å². The fourth-order valence-electron chi connectivity index (χ4n) is 1.90. The molecule has 0 saturated heterocycles. The zero-order valence-corrected chi connectivity index (χ0v) is 9.28. The van der Waals surface area contributed by atoms with Crippen LogP contribution in [0.2, 0.25) is 0 Å². The van der Waals surface area contributed by atoms with Crippen LogP contribution in [-0.4, -0.2) is 24.4 Å². The van der Waals surface area contributed by atoms with E-state index in [1.54, 1.807) is 21.0 Å². The van der Waals surface area contributed by atoms with Crippen LogP contribution in [0, 0.1) is 0 Å². The monoisotopic (exact) mass is 208 g/mol. The molecule has 0 bridgehead atoms. The van der Waals surface area contributed by atoms with Gasteiger partial charge >= 0.3 is 0 Å². The first-order valence-electron chi connectivity index (χ1n) is 5.05. The van der Waals surface area contributed by atoms with Gasteiger partial charge in [-0.3, -0.25) is 0 Å². The lowest BCUT2D eigenvalue weighted by Crippen LogP contribution is -2.29. The van der Waals surface area contributed by atoms with Crippen LogP contribution in [0.15, 0.2) is 18.2 Å². The summed E-state index contributed by atoms with van der Waals surface area (Å²) in [5.41, 5.74) is 0.263. The summed E-state index contributed by atoms with van der Waals surface area (Å²) in [4.78, 5) is 0. The highest BCUT2D eigenvalue weighted by Gasteiger charge is 2.35. The number of fused-ring (bicyclic) bond motifs is 1. The van der Waals surface area contributed by atoms with E-state index in [4.69, 9.17) is 9.47 Å². The molecule has 15 heavy (non-hydrogen) atoms. The van der Waals surface area contributed by atoms with Crippen LogP contribution >= 0.6 is 0 Å². The van der Waals surface area contributed by atoms with Gasteiger partial charge in [0, 0.05) is 5.56 Å². The van der Waals surface area contributed by atoms with E-state index in [2.05, 4.69) is 0 Å². The first kappa shape index (κ1) is 10.3. The van der Waals surface area contributed by atoms with Gasteiger partial charge in [0.15, 0.2) is 0 Å². The van der Waals surface area contributed by atoms with E-state index >= 15 is 0 Å². The Hall–Kier alpha value is -1.22. The van der Waals surface area contributed by atoms with Crippen LogP contribution < -0.4 is 9.47 Å². The van der Waals surface area contributed by atoms with Crippen LogP contribution in [-0.2, 0) is 0 Å². The molecule has 1 aliphatic rings. The Morgan fingerprint density at radius 3 is 2.80 bits per heavy atom. The van der Waals surface area contributed by atoms with Crippen molar-refractivity contribution in [3.05, 3.63) is 23.8 Å². The number of hydrogen-bond acceptors (Lipinski definition) is 3. The molecule has 1 aromatic carbocycles. The standard InChI is InChI=1S/C12H16O3/c1-12(2,13)10-7-15-11-5-4-8(14-3)6-9(10)11/h4-6,10,13H,7H2,1-3H3. The van der Waals surface area contributed by atoms with Gasteiger partial charge in [-0.05, 0) is 32.0 Å². The van der Waals surface area contributed by atoms with E-state index in [0.29, 0.717) is 6.61 Å². The molecule has 0 fully saturated rings. The quantitative estimate of drug-likeness (QED) is 0.807. The van der Waals surface area contributed by atoms with E-state index in [1.807, 2.05) is 18.2 Å². The highest BCUT2D eigenvalue weighted by atomic mass is 16.5. The fourth-order valence-corrected chi connectivity index (χ4v) is 1.90. The Kier molecular flexibility index (Phi) is 2.35. The minimum Gasteiger partial charge on any atom is -0.497 e. The molecule has 1 atom stereocenters. The third-order valence-electron chi connectivity index (χ3n) is 2.85. The molecule has 1 N–H and O–H groups in total. The Morgan fingerprint density at radius 1 is 1.47 bits per heavy atom. The van der Waals surface area contributed by atoms with Gasteiger partial charge in [0.25, 0.3) is 0 Å². The Morgan fingerprint density at radius 2 is 2.20 bits per heavy atom. The third kappa shape index (κ3) is 1.79. The van der Waals surface area contributed by atoms with Crippen molar-refractivity contribution in [3.63, 3.8) is 0 Å². The maximum atomic E-state index is 10.0. The SMILES string of the molecule is COc1ccc2c(c1)C(C(C)(C)O)CO2. The molecule has 2 rings (SSSR count). The smallest absolute Gasteiger partial charge is 0.123 e. The second kappa shape index (κ2) is 3.42. The summed E-state index contributed by atoms with van der Waals surface area (Å²) in [6.45, 7) is 4.14. The maximum Gasteiger partial charge on any atom is 0.123 e. The molecule has 0 spiro atoms. The van der Waals surface area contributed by atoms with E-state index in [0.717, 1.165) is 17.1 Å². The molecule has 3 heteroatoms. The number of ether oxygens (including phenoxy) is 2. The van der Waals surface area contributed by atoms with Gasteiger partial charge in [-0.1, -0.05) is 0 Å². The molecule has 0 aliphatic carbocycles. The predicted molar refractivity (Wildman–Crippen MR) is 57.5 cm³/mol. The first-order chi connectivity index (χ1) is 7.02. The van der Waals surface area contributed by atoms with Crippen molar-refractivity contribution in [2.45, 2.75) is 25.4 Å². The van der Waals surface area contributed by atoms with Crippen molar-refractivity contribution in [1.82, 2.24) is 0 Å². The summed E-state index contributed by atoms with van der Waals surface area (Å²) < 4.78 is 10.7. The lowest BCUT2D eigenvalue weighted by Gasteiger charge is -2.24. The number of methoxy groups -OCH3 is 1.